The molecule has 4 amide bonds. The summed E-state index contributed by atoms with van der Waals surface area (Å²) in [6.45, 7) is 12.6. The van der Waals surface area contributed by atoms with Crippen molar-refractivity contribution >= 4 is 23.8 Å². The van der Waals surface area contributed by atoms with Crippen LogP contribution < -0.4 is 10.6 Å². The average molecular weight is 425 g/mol. The molecule has 1 atom stereocenters. The molecular formula is C21H36N4O5. The highest BCUT2D eigenvalue weighted by Crippen LogP contribution is 2.27. The van der Waals surface area contributed by atoms with E-state index in [4.69, 9.17) is 4.74 Å². The fourth-order valence-corrected chi connectivity index (χ4v) is 3.77. The molecule has 30 heavy (non-hydrogen) atoms. The van der Waals surface area contributed by atoms with Gasteiger partial charge in [0.2, 0.25) is 17.7 Å². The Morgan fingerprint density at radius 2 is 1.67 bits per heavy atom. The van der Waals surface area contributed by atoms with E-state index in [1.807, 2.05) is 20.8 Å². The molecule has 2 aliphatic heterocycles. The summed E-state index contributed by atoms with van der Waals surface area (Å²) in [7, 11) is 0. The van der Waals surface area contributed by atoms with Crippen LogP contribution in [0.5, 0.6) is 0 Å². The van der Waals surface area contributed by atoms with Gasteiger partial charge in [0.05, 0.1) is 5.92 Å². The molecular weight excluding hydrogens is 388 g/mol. The summed E-state index contributed by atoms with van der Waals surface area (Å²) >= 11 is 0. The third-order valence-electron chi connectivity index (χ3n) is 5.25. The van der Waals surface area contributed by atoms with E-state index in [2.05, 4.69) is 10.6 Å². The van der Waals surface area contributed by atoms with Gasteiger partial charge < -0.3 is 25.2 Å². The number of hydrogen-bond acceptors (Lipinski definition) is 5. The highest BCUT2D eigenvalue weighted by atomic mass is 16.6. The fourth-order valence-electron chi connectivity index (χ4n) is 3.77. The third kappa shape index (κ3) is 6.88. The molecule has 0 saturated carbocycles. The summed E-state index contributed by atoms with van der Waals surface area (Å²) in [4.78, 5) is 52.3. The second kappa shape index (κ2) is 9.22. The van der Waals surface area contributed by atoms with E-state index in [9.17, 15) is 19.2 Å². The minimum atomic E-state index is -0.631. The van der Waals surface area contributed by atoms with E-state index in [1.54, 1.807) is 30.6 Å². The molecule has 2 fully saturated rings. The number of carbonyl (C=O) groups excluding carboxylic acids is 4. The topological polar surface area (TPSA) is 108 Å². The third-order valence-corrected chi connectivity index (χ3v) is 5.25. The number of rotatable bonds is 4. The molecule has 2 rings (SSSR count). The maximum atomic E-state index is 12.8. The molecule has 0 aliphatic carbocycles. The lowest BCUT2D eigenvalue weighted by molar-refractivity contribution is -0.137. The van der Waals surface area contributed by atoms with Crippen molar-refractivity contribution in [1.82, 2.24) is 20.4 Å². The number of amides is 4. The van der Waals surface area contributed by atoms with E-state index in [1.165, 1.54) is 0 Å². The van der Waals surface area contributed by atoms with Crippen molar-refractivity contribution in [3.63, 3.8) is 0 Å². The van der Waals surface area contributed by atoms with Gasteiger partial charge in [0.15, 0.2) is 0 Å². The van der Waals surface area contributed by atoms with Crippen LogP contribution in [0.25, 0.3) is 0 Å². The van der Waals surface area contributed by atoms with Crippen LogP contribution in [0, 0.1) is 5.92 Å². The van der Waals surface area contributed by atoms with Gasteiger partial charge in [-0.1, -0.05) is 0 Å². The molecule has 0 bridgehead atoms. The highest BCUT2D eigenvalue weighted by molar-refractivity contribution is 5.89. The van der Waals surface area contributed by atoms with E-state index >= 15 is 0 Å². The number of likely N-dealkylation sites (tertiary alicyclic amines) is 2. The largest absolute Gasteiger partial charge is 0.444 e. The number of carbonyl (C=O) groups is 4. The van der Waals surface area contributed by atoms with Crippen LogP contribution in [0.15, 0.2) is 0 Å². The van der Waals surface area contributed by atoms with Crippen LogP contribution in [0.3, 0.4) is 0 Å². The number of nitrogens with one attached hydrogen (secondary N) is 2. The van der Waals surface area contributed by atoms with Crippen LogP contribution in [0.2, 0.25) is 0 Å². The van der Waals surface area contributed by atoms with Gasteiger partial charge in [-0.3, -0.25) is 14.4 Å². The first-order valence-electron chi connectivity index (χ1n) is 10.6. The first kappa shape index (κ1) is 24.0. The minimum absolute atomic E-state index is 0.0199. The fraction of sp³-hybridized carbons (Fsp3) is 0.810. The first-order chi connectivity index (χ1) is 13.8. The molecule has 1 unspecified atom stereocenters. The van der Waals surface area contributed by atoms with Crippen molar-refractivity contribution in [3.05, 3.63) is 0 Å². The van der Waals surface area contributed by atoms with Crippen molar-refractivity contribution < 1.29 is 23.9 Å². The zero-order valence-electron chi connectivity index (χ0n) is 19.0. The Balaban J connectivity index is 1.73. The van der Waals surface area contributed by atoms with Crippen LogP contribution in [0.1, 0.15) is 60.8 Å². The smallest absolute Gasteiger partial charge is 0.408 e. The lowest BCUT2D eigenvalue weighted by atomic mass is 10.0. The highest BCUT2D eigenvalue weighted by Gasteiger charge is 2.41. The van der Waals surface area contributed by atoms with Crippen molar-refractivity contribution in [2.75, 3.05) is 26.2 Å². The lowest BCUT2D eigenvalue weighted by Gasteiger charge is -2.35. The number of hydrogen-bond donors (Lipinski definition) is 2. The molecule has 2 aliphatic rings. The van der Waals surface area contributed by atoms with Crippen molar-refractivity contribution in [3.8, 4) is 0 Å². The standard InChI is InChI=1S/C21H36N4O5/c1-20(2,3)25-13-14(11-17(25)27)18(28)24-9-7-15(8-10-24)23-16(26)12-22-19(29)30-21(4,5)6/h14-15H,7-13H2,1-6H3,(H,22,29)(H,23,26). The van der Waals surface area contributed by atoms with Gasteiger partial charge in [-0.25, -0.2) is 4.79 Å². The van der Waals surface area contributed by atoms with Gasteiger partial charge >= 0.3 is 6.09 Å². The SMILES string of the molecule is CC(C)(C)OC(=O)NCC(=O)NC1CCN(C(=O)C2CC(=O)N(C(C)(C)C)C2)CC1. The summed E-state index contributed by atoms with van der Waals surface area (Å²) < 4.78 is 5.10. The molecule has 2 heterocycles. The quantitative estimate of drug-likeness (QED) is 0.707. The van der Waals surface area contributed by atoms with Gasteiger partial charge in [0, 0.05) is 37.6 Å². The van der Waals surface area contributed by atoms with Crippen LogP contribution in [-0.2, 0) is 19.1 Å². The van der Waals surface area contributed by atoms with Crippen molar-refractivity contribution in [1.29, 1.82) is 0 Å². The normalized spacial score (nSPS) is 20.9. The Morgan fingerprint density at radius 1 is 1.07 bits per heavy atom. The predicted molar refractivity (Wildman–Crippen MR) is 112 cm³/mol. The average Bonchev–Trinajstić information content (AvgIpc) is 3.01. The Bertz CT molecular complexity index is 672. The summed E-state index contributed by atoms with van der Waals surface area (Å²) in [5, 5.41) is 5.33. The Hall–Kier alpha value is -2.32. The van der Waals surface area contributed by atoms with Crippen molar-refractivity contribution in [2.24, 2.45) is 5.92 Å². The predicted octanol–water partition coefficient (Wildman–Crippen LogP) is 1.27. The number of piperidine rings is 1. The second-order valence-corrected chi connectivity index (χ2v) is 10.1. The number of ether oxygens (including phenoxy) is 1. The molecule has 0 aromatic carbocycles. The molecule has 2 N–H and O–H groups in total. The number of alkyl carbamates (subject to hydrolysis) is 1. The molecule has 0 radical (unpaired) electrons. The second-order valence-electron chi connectivity index (χ2n) is 10.1. The molecule has 170 valence electrons. The van der Waals surface area contributed by atoms with E-state index < -0.39 is 11.7 Å². The maximum absolute atomic E-state index is 12.8. The molecule has 0 spiro atoms. The van der Waals surface area contributed by atoms with Crippen LogP contribution in [-0.4, -0.2) is 77.0 Å². The van der Waals surface area contributed by atoms with E-state index in [-0.39, 0.29) is 48.2 Å². The summed E-state index contributed by atoms with van der Waals surface area (Å²) in [5.74, 6) is -0.527. The molecule has 9 heteroatoms. The number of nitrogens with zero attached hydrogens (tertiary/aromatic N) is 2. The van der Waals surface area contributed by atoms with Crippen LogP contribution >= 0.6 is 0 Å². The monoisotopic (exact) mass is 424 g/mol. The Labute approximate surface area is 178 Å². The van der Waals surface area contributed by atoms with Crippen molar-refractivity contribution in [2.45, 2.75) is 78.0 Å². The zero-order chi connectivity index (χ0) is 22.7. The summed E-state index contributed by atoms with van der Waals surface area (Å²) in [6, 6.07) is -0.0433. The van der Waals surface area contributed by atoms with E-state index in [0.29, 0.717) is 32.5 Å². The van der Waals surface area contributed by atoms with Crippen LogP contribution in [0.4, 0.5) is 4.79 Å². The summed E-state index contributed by atoms with van der Waals surface area (Å²) in [5.41, 5.74) is -0.898. The van der Waals surface area contributed by atoms with Gasteiger partial charge in [0.1, 0.15) is 12.1 Å². The Morgan fingerprint density at radius 3 is 2.17 bits per heavy atom. The van der Waals surface area contributed by atoms with Gasteiger partial charge in [-0.15, -0.1) is 0 Å². The van der Waals surface area contributed by atoms with Gasteiger partial charge in [-0.05, 0) is 54.4 Å². The molecule has 9 nitrogen and oxygen atoms in total. The Kier molecular flexibility index (Phi) is 7.36. The summed E-state index contributed by atoms with van der Waals surface area (Å²) in [6.07, 6.45) is 0.929. The maximum Gasteiger partial charge on any atom is 0.408 e. The first-order valence-corrected chi connectivity index (χ1v) is 10.6. The zero-order valence-corrected chi connectivity index (χ0v) is 19.0. The van der Waals surface area contributed by atoms with Gasteiger partial charge in [-0.2, -0.15) is 0 Å². The molecule has 0 aromatic rings. The molecule has 2 saturated heterocycles. The van der Waals surface area contributed by atoms with Gasteiger partial charge in [0.25, 0.3) is 0 Å². The molecule has 0 aromatic heterocycles. The minimum Gasteiger partial charge on any atom is -0.444 e. The lowest BCUT2D eigenvalue weighted by Crippen LogP contribution is -2.50. The van der Waals surface area contributed by atoms with E-state index in [0.717, 1.165) is 0 Å².